The highest BCUT2D eigenvalue weighted by atomic mass is 19.4. The van der Waals surface area contributed by atoms with Crippen LogP contribution in [0.5, 0.6) is 23.0 Å². The van der Waals surface area contributed by atoms with Gasteiger partial charge in [0, 0.05) is 80.6 Å². The Morgan fingerprint density at radius 3 is 0.777 bits per heavy atom. The van der Waals surface area contributed by atoms with Gasteiger partial charge in [-0.2, -0.15) is 26.3 Å². The number of esters is 4. The molecule has 0 aromatic heterocycles. The van der Waals surface area contributed by atoms with E-state index in [0.717, 1.165) is 42.5 Å². The van der Waals surface area contributed by atoms with Crippen molar-refractivity contribution < 1.29 is 113 Å². The molecule has 0 unspecified atom stereocenters. The van der Waals surface area contributed by atoms with Crippen molar-refractivity contribution in [2.45, 2.75) is 64.5 Å². The van der Waals surface area contributed by atoms with E-state index in [9.17, 15) is 106 Å². The topological polar surface area (TPSA) is 498 Å². The van der Waals surface area contributed by atoms with E-state index in [-0.39, 0.29) is 135 Å². The number of nitro benzene ring substituents is 6. The first-order chi connectivity index (χ1) is 53.2. The highest BCUT2D eigenvalue weighted by Crippen LogP contribution is 2.33. The predicted octanol–water partition coefficient (Wildman–Crippen LogP) is 14.7. The van der Waals surface area contributed by atoms with Crippen LogP contribution in [0, 0.1) is 85.4 Å². The number of rotatable bonds is 32. The van der Waals surface area contributed by atoms with Gasteiger partial charge in [0.15, 0.2) is 13.5 Å². The lowest BCUT2D eigenvalue weighted by atomic mass is 10.1. The summed E-state index contributed by atoms with van der Waals surface area (Å²) in [6.45, 7) is -1.97. The SMILES string of the molecule is C#CCOc1cc([N+](=O)[O-])ccc1COC(=O)Cc1ccc(C(F)(F)F)cc1.C#CCOc1cc([N+](=O)[O-])ccc1COC(=O)Cc1ccc([N+](=O)[O-])cc1.[N-]=[N+]=NCOc1cc([N+](=O)[O-])ccc1COC(=O)Cc1ccc(C(F)(F)F)cc1.[N-]=[N+]=NCOc1cc([N+](=O)[O-])ccc1COC(=O)Cc1ccc([N+](=O)[O-])cc1. The Morgan fingerprint density at radius 2 is 0.571 bits per heavy atom. The maximum atomic E-state index is 12.5. The number of non-ortho nitro benzene ring substituents is 6. The van der Waals surface area contributed by atoms with Crippen molar-refractivity contribution >= 4 is 58.0 Å². The van der Waals surface area contributed by atoms with E-state index >= 15 is 0 Å². The Morgan fingerprint density at radius 1 is 0.357 bits per heavy atom. The maximum Gasteiger partial charge on any atom is 0.416 e. The molecule has 0 saturated heterocycles. The molecule has 8 aromatic rings. The Hall–Kier alpha value is -15.4. The molecule has 0 atom stereocenters. The third-order valence-electron chi connectivity index (χ3n) is 14.2. The zero-order valence-electron chi connectivity index (χ0n) is 57.2. The Bertz CT molecular complexity index is 4920. The van der Waals surface area contributed by atoms with Crippen molar-refractivity contribution in [1.29, 1.82) is 0 Å². The van der Waals surface area contributed by atoms with Gasteiger partial charge in [0.05, 0.1) is 90.6 Å². The number of azide groups is 2. The first kappa shape index (κ1) is 87.2. The zero-order valence-corrected chi connectivity index (χ0v) is 57.2. The molecule has 580 valence electrons. The smallest absolute Gasteiger partial charge is 0.416 e. The summed E-state index contributed by atoms with van der Waals surface area (Å²) >= 11 is 0. The van der Waals surface area contributed by atoms with Crippen molar-refractivity contribution in [2.24, 2.45) is 10.2 Å². The van der Waals surface area contributed by atoms with E-state index in [4.69, 9.17) is 61.8 Å². The number of nitro groups is 6. The molecule has 0 spiro atoms. The molecule has 0 aliphatic carbocycles. The molecule has 0 fully saturated rings. The number of alkyl halides is 6. The summed E-state index contributed by atoms with van der Waals surface area (Å²) in [6.07, 6.45) is 0.621. The van der Waals surface area contributed by atoms with Crippen molar-refractivity contribution in [2.75, 3.05) is 26.7 Å². The van der Waals surface area contributed by atoms with Gasteiger partial charge in [-0.1, -0.05) is 70.6 Å². The molecular formula is C70H54F6N12O24. The van der Waals surface area contributed by atoms with Crippen LogP contribution in [0.25, 0.3) is 20.9 Å². The molecule has 0 aliphatic heterocycles. The maximum absolute atomic E-state index is 12.5. The molecule has 0 radical (unpaired) electrons. The largest absolute Gasteiger partial charge is 0.487 e. The van der Waals surface area contributed by atoms with Crippen LogP contribution in [0.3, 0.4) is 0 Å². The number of ether oxygens (including phenoxy) is 8. The average Bonchev–Trinajstić information content (AvgIpc) is 0.863. The van der Waals surface area contributed by atoms with Crippen LogP contribution < -0.4 is 18.9 Å². The third-order valence-corrected chi connectivity index (χ3v) is 14.2. The second-order valence-corrected chi connectivity index (χ2v) is 21.8. The van der Waals surface area contributed by atoms with Crippen LogP contribution in [0.4, 0.5) is 60.5 Å². The summed E-state index contributed by atoms with van der Waals surface area (Å²) in [4.78, 5) is 114. The second-order valence-electron chi connectivity index (χ2n) is 21.8. The van der Waals surface area contributed by atoms with Crippen molar-refractivity contribution in [3.05, 3.63) is 307 Å². The number of terminal acetylenes is 2. The summed E-state index contributed by atoms with van der Waals surface area (Å²) in [7, 11) is 0. The van der Waals surface area contributed by atoms with Crippen LogP contribution in [0.15, 0.2) is 180 Å². The molecule has 42 heteroatoms. The van der Waals surface area contributed by atoms with Crippen LogP contribution in [-0.4, -0.2) is 80.1 Å². The predicted molar refractivity (Wildman–Crippen MR) is 373 cm³/mol. The lowest BCUT2D eigenvalue weighted by Gasteiger charge is -2.11. The fourth-order valence-corrected chi connectivity index (χ4v) is 8.73. The molecule has 0 amide bonds. The minimum absolute atomic E-state index is 0.00562. The molecule has 0 bridgehead atoms. The van der Waals surface area contributed by atoms with Crippen LogP contribution in [-0.2, 0) is 103 Å². The lowest BCUT2D eigenvalue weighted by molar-refractivity contribution is -0.385. The van der Waals surface area contributed by atoms with Crippen LogP contribution in [0.1, 0.15) is 55.6 Å². The second kappa shape index (κ2) is 43.2. The minimum atomic E-state index is -4.47. The van der Waals surface area contributed by atoms with E-state index in [1.165, 1.54) is 127 Å². The normalized spacial score (nSPS) is 10.3. The van der Waals surface area contributed by atoms with Gasteiger partial charge in [0.2, 0.25) is 0 Å². The van der Waals surface area contributed by atoms with Crippen LogP contribution in [0.2, 0.25) is 0 Å². The molecule has 36 nitrogen and oxygen atoms in total. The Balaban J connectivity index is 0.000000267. The molecule has 8 aromatic carbocycles. The number of carbonyl (C=O) groups is 4. The first-order valence-corrected chi connectivity index (χ1v) is 31.1. The van der Waals surface area contributed by atoms with Gasteiger partial charge in [-0.25, -0.2) is 0 Å². The van der Waals surface area contributed by atoms with Gasteiger partial charge in [-0.15, -0.1) is 12.8 Å². The number of hydrogen-bond donors (Lipinski definition) is 0. The Labute approximate surface area is 625 Å². The van der Waals surface area contributed by atoms with Gasteiger partial charge in [0.1, 0.15) is 62.6 Å². The number of nitrogens with zero attached hydrogens (tertiary/aromatic N) is 12. The lowest BCUT2D eigenvalue weighted by Crippen LogP contribution is -2.10. The van der Waals surface area contributed by atoms with Crippen molar-refractivity contribution in [3.8, 4) is 47.7 Å². The highest BCUT2D eigenvalue weighted by molar-refractivity contribution is 5.74. The standard InChI is InChI=1S/C19H14F3NO5.C18H14N2O7.C17H13F3N4O5.C16H13N5O7/c1-2-9-27-17-11-16(23(25)26)8-5-14(17)12-28-18(24)10-13-3-6-15(7-4-13)19(20,21)22;1-2-9-26-17-11-16(20(24)25)8-5-14(17)12-27-18(21)10-13-3-6-15(7-4-13)19(22)23;18-17(19,20)13-4-1-11(2-5-13)7-16(25)28-9-12-3-6-14(24(26)27)8-15(12)29-10-22-23-21;17-19-18-10-28-15-8-14(21(25)26)6-3-12(15)9-27-16(22)7-11-1-4-13(5-2-11)20(23)24/h1,3-8,11H,9-10,12H2;1,3-8,11H,9-10,12H2;1-6,8H,7,9-10H2;1-6,8H,7,9-10H2. The third kappa shape index (κ3) is 29.8. The number of hydrogen-bond acceptors (Lipinski definition) is 26. The Kier molecular flexibility index (Phi) is 33.7. The van der Waals surface area contributed by atoms with Crippen LogP contribution >= 0.6 is 0 Å². The van der Waals surface area contributed by atoms with Gasteiger partial charge >= 0.3 is 36.2 Å². The van der Waals surface area contributed by atoms with Gasteiger partial charge in [0.25, 0.3) is 34.1 Å². The number of halogens is 6. The van der Waals surface area contributed by atoms with E-state index in [1.807, 2.05) is 0 Å². The van der Waals surface area contributed by atoms with Crippen molar-refractivity contribution in [3.63, 3.8) is 0 Å². The molecule has 0 saturated carbocycles. The number of benzene rings is 8. The van der Waals surface area contributed by atoms with E-state index in [2.05, 4.69) is 31.9 Å². The van der Waals surface area contributed by atoms with E-state index < -0.39 is 83.6 Å². The van der Waals surface area contributed by atoms with Gasteiger partial charge < -0.3 is 37.9 Å². The average molecular weight is 1560 g/mol. The van der Waals surface area contributed by atoms with E-state index in [0.29, 0.717) is 38.9 Å². The fourth-order valence-electron chi connectivity index (χ4n) is 8.73. The van der Waals surface area contributed by atoms with Gasteiger partial charge in [-0.3, -0.25) is 79.9 Å². The van der Waals surface area contributed by atoms with Crippen molar-refractivity contribution in [1.82, 2.24) is 0 Å². The highest BCUT2D eigenvalue weighted by Gasteiger charge is 2.31. The molecular weight excluding hydrogens is 1510 g/mol. The summed E-state index contributed by atoms with van der Waals surface area (Å²) in [5.74, 6) is 2.22. The molecule has 0 aliphatic rings. The number of carbonyl (C=O) groups excluding carboxylic acids is 4. The fraction of sp³-hybridized carbons (Fsp3) is 0.200. The summed E-state index contributed by atoms with van der Waals surface area (Å²) in [5.41, 5.74) is 17.0. The van der Waals surface area contributed by atoms with E-state index in [1.54, 1.807) is 0 Å². The molecule has 0 N–H and O–H groups in total. The summed E-state index contributed by atoms with van der Waals surface area (Å²) < 4.78 is 117. The molecule has 8 rings (SSSR count). The quantitative estimate of drug-likeness (QED) is 0.00435. The molecule has 112 heavy (non-hydrogen) atoms. The molecule has 0 heterocycles. The summed E-state index contributed by atoms with van der Waals surface area (Å²) in [6, 6.07) is 34.1. The first-order valence-electron chi connectivity index (χ1n) is 31.1. The minimum Gasteiger partial charge on any atom is -0.487 e. The summed E-state index contributed by atoms with van der Waals surface area (Å²) in [5, 5.41) is 71.0. The zero-order chi connectivity index (χ0) is 82.5. The monoisotopic (exact) mass is 1560 g/mol. The van der Waals surface area contributed by atoms with Gasteiger partial charge in [-0.05, 0) is 81.8 Å².